The maximum atomic E-state index is 12.5. The summed E-state index contributed by atoms with van der Waals surface area (Å²) in [5.41, 5.74) is 1.16. The Balaban J connectivity index is 1.31. The summed E-state index contributed by atoms with van der Waals surface area (Å²) in [4.78, 5) is 32.8. The van der Waals surface area contributed by atoms with Gasteiger partial charge in [-0.05, 0) is 12.1 Å². The molecule has 9 heteroatoms. The zero-order chi connectivity index (χ0) is 20.2. The summed E-state index contributed by atoms with van der Waals surface area (Å²) in [6.45, 7) is 2.78. The topological polar surface area (TPSA) is 93.2 Å². The van der Waals surface area contributed by atoms with E-state index in [0.717, 1.165) is 0 Å². The molecule has 9 nitrogen and oxygen atoms in total. The van der Waals surface area contributed by atoms with Crippen molar-refractivity contribution < 1.29 is 23.8 Å². The number of ether oxygens (including phenoxy) is 3. The minimum absolute atomic E-state index is 0.0124. The Kier molecular flexibility index (Phi) is 5.48. The lowest BCUT2D eigenvalue weighted by Crippen LogP contribution is -2.50. The average Bonchev–Trinajstić information content (AvgIpc) is 3.21. The van der Waals surface area contributed by atoms with Gasteiger partial charge in [-0.2, -0.15) is 0 Å². The molecule has 2 amide bonds. The van der Waals surface area contributed by atoms with E-state index < -0.39 is 0 Å². The monoisotopic (exact) mass is 398 g/mol. The molecule has 3 heterocycles. The van der Waals surface area contributed by atoms with Crippen LogP contribution in [-0.2, 0) is 4.79 Å². The number of carbonyl (C=O) groups is 2. The predicted molar refractivity (Wildman–Crippen MR) is 104 cm³/mol. The third kappa shape index (κ3) is 4.24. The summed E-state index contributed by atoms with van der Waals surface area (Å²) in [5.74, 6) is 1.51. The number of carbonyl (C=O) groups excluding carboxylic acids is 2. The summed E-state index contributed by atoms with van der Waals surface area (Å²) in [7, 11) is 1.53. The molecule has 0 saturated carbocycles. The number of aromatic nitrogens is 1. The van der Waals surface area contributed by atoms with Crippen LogP contribution in [0.15, 0.2) is 36.7 Å². The number of methoxy groups -OCH3 is 1. The summed E-state index contributed by atoms with van der Waals surface area (Å²) < 4.78 is 16.0. The molecule has 0 atom stereocenters. The second kappa shape index (κ2) is 8.36. The van der Waals surface area contributed by atoms with Crippen LogP contribution in [-0.4, -0.2) is 73.2 Å². The quantitative estimate of drug-likeness (QED) is 0.809. The van der Waals surface area contributed by atoms with E-state index in [1.54, 1.807) is 41.6 Å². The van der Waals surface area contributed by atoms with E-state index in [-0.39, 0.29) is 25.2 Å². The number of anilines is 1. The molecule has 2 aliphatic rings. The lowest BCUT2D eigenvalue weighted by molar-refractivity contribution is -0.117. The number of nitrogens with one attached hydrogen (secondary N) is 1. The Hall–Kier alpha value is -3.33. The third-order valence-electron chi connectivity index (χ3n) is 4.92. The first-order valence-corrected chi connectivity index (χ1v) is 9.33. The fourth-order valence-corrected chi connectivity index (χ4v) is 3.37. The Morgan fingerprint density at radius 1 is 1.10 bits per heavy atom. The van der Waals surface area contributed by atoms with Crippen molar-refractivity contribution in [1.29, 1.82) is 0 Å². The van der Waals surface area contributed by atoms with Gasteiger partial charge < -0.3 is 24.4 Å². The van der Waals surface area contributed by atoms with Gasteiger partial charge >= 0.3 is 0 Å². The van der Waals surface area contributed by atoms with E-state index in [9.17, 15) is 9.59 Å². The van der Waals surface area contributed by atoms with Gasteiger partial charge in [-0.3, -0.25) is 19.5 Å². The van der Waals surface area contributed by atoms with Gasteiger partial charge in [0.15, 0.2) is 11.5 Å². The first-order valence-electron chi connectivity index (χ1n) is 9.33. The third-order valence-corrected chi connectivity index (χ3v) is 4.92. The van der Waals surface area contributed by atoms with Gasteiger partial charge in [0.25, 0.3) is 5.91 Å². The van der Waals surface area contributed by atoms with Crippen molar-refractivity contribution in [2.45, 2.75) is 0 Å². The van der Waals surface area contributed by atoms with Crippen LogP contribution in [0.5, 0.6) is 17.2 Å². The van der Waals surface area contributed by atoms with E-state index >= 15 is 0 Å². The minimum Gasteiger partial charge on any atom is -0.494 e. The first kappa shape index (κ1) is 19.0. The normalized spacial score (nSPS) is 15.8. The number of hydrogen-bond acceptors (Lipinski definition) is 7. The number of benzene rings is 1. The second-order valence-corrected chi connectivity index (χ2v) is 6.76. The maximum absolute atomic E-state index is 12.5. The van der Waals surface area contributed by atoms with E-state index in [1.165, 1.54) is 7.11 Å². The van der Waals surface area contributed by atoms with E-state index in [2.05, 4.69) is 10.3 Å². The van der Waals surface area contributed by atoms with Gasteiger partial charge in [-0.25, -0.2) is 0 Å². The highest BCUT2D eigenvalue weighted by Gasteiger charge is 2.24. The molecule has 2 aliphatic heterocycles. The molecule has 152 valence electrons. The largest absolute Gasteiger partial charge is 0.494 e. The highest BCUT2D eigenvalue weighted by molar-refractivity contribution is 5.95. The van der Waals surface area contributed by atoms with Crippen molar-refractivity contribution >= 4 is 17.5 Å². The number of piperazine rings is 1. The molecule has 1 N–H and O–H groups in total. The van der Waals surface area contributed by atoms with Crippen LogP contribution in [0, 0.1) is 0 Å². The van der Waals surface area contributed by atoms with E-state index in [1.807, 2.05) is 4.90 Å². The average molecular weight is 398 g/mol. The molecule has 0 spiro atoms. The molecule has 0 radical (unpaired) electrons. The van der Waals surface area contributed by atoms with Crippen molar-refractivity contribution in [2.24, 2.45) is 0 Å². The maximum Gasteiger partial charge on any atom is 0.254 e. The summed E-state index contributed by atoms with van der Waals surface area (Å²) in [6.07, 6.45) is 3.22. The van der Waals surface area contributed by atoms with Crippen LogP contribution in [0.2, 0.25) is 0 Å². The SMILES string of the molecule is COc1cc2c(cc1NC(=O)CN1CCN(C(=O)c3ccncc3)CC1)OCO2. The van der Waals surface area contributed by atoms with Gasteiger partial charge in [0.05, 0.1) is 19.3 Å². The molecule has 1 saturated heterocycles. The smallest absolute Gasteiger partial charge is 0.254 e. The fourth-order valence-electron chi connectivity index (χ4n) is 3.37. The molecule has 1 aromatic heterocycles. The molecule has 0 bridgehead atoms. The highest BCUT2D eigenvalue weighted by atomic mass is 16.7. The molecule has 1 aromatic carbocycles. The predicted octanol–water partition coefficient (Wildman–Crippen LogP) is 1.22. The van der Waals surface area contributed by atoms with Gasteiger partial charge in [-0.1, -0.05) is 0 Å². The number of nitrogens with zero attached hydrogens (tertiary/aromatic N) is 3. The molecule has 29 heavy (non-hydrogen) atoms. The summed E-state index contributed by atoms with van der Waals surface area (Å²) in [5, 5.41) is 2.87. The van der Waals surface area contributed by atoms with Crippen LogP contribution in [0.3, 0.4) is 0 Å². The van der Waals surface area contributed by atoms with Crippen molar-refractivity contribution in [3.63, 3.8) is 0 Å². The first-order chi connectivity index (χ1) is 14.1. The van der Waals surface area contributed by atoms with Crippen LogP contribution in [0.1, 0.15) is 10.4 Å². The number of hydrogen-bond donors (Lipinski definition) is 1. The Bertz CT molecular complexity index is 897. The highest BCUT2D eigenvalue weighted by Crippen LogP contribution is 2.40. The van der Waals surface area contributed by atoms with Crippen molar-refractivity contribution in [1.82, 2.24) is 14.8 Å². The summed E-state index contributed by atoms with van der Waals surface area (Å²) >= 11 is 0. The van der Waals surface area contributed by atoms with Crippen molar-refractivity contribution in [3.8, 4) is 17.2 Å². The molecule has 2 aromatic rings. The number of amides is 2. The van der Waals surface area contributed by atoms with Crippen LogP contribution in [0.4, 0.5) is 5.69 Å². The zero-order valence-electron chi connectivity index (χ0n) is 16.1. The van der Waals surface area contributed by atoms with E-state index in [4.69, 9.17) is 14.2 Å². The molecule has 0 aliphatic carbocycles. The molecular weight excluding hydrogens is 376 g/mol. The Labute approximate surface area is 168 Å². The van der Waals surface area contributed by atoms with Crippen LogP contribution < -0.4 is 19.5 Å². The van der Waals surface area contributed by atoms with Crippen molar-refractivity contribution in [3.05, 3.63) is 42.2 Å². The molecule has 0 unspecified atom stereocenters. The number of pyridine rings is 1. The van der Waals surface area contributed by atoms with Crippen LogP contribution in [0.25, 0.3) is 0 Å². The van der Waals surface area contributed by atoms with Crippen LogP contribution >= 0.6 is 0 Å². The van der Waals surface area contributed by atoms with Crippen molar-refractivity contribution in [2.75, 3.05) is 51.9 Å². The molecule has 4 rings (SSSR count). The lowest BCUT2D eigenvalue weighted by atomic mass is 10.2. The fraction of sp³-hybridized carbons (Fsp3) is 0.350. The van der Waals surface area contributed by atoms with Gasteiger partial charge in [0, 0.05) is 56.3 Å². The molecular formula is C20H22N4O5. The van der Waals surface area contributed by atoms with Gasteiger partial charge in [0.1, 0.15) is 5.75 Å². The molecule has 1 fully saturated rings. The number of rotatable bonds is 5. The van der Waals surface area contributed by atoms with Gasteiger partial charge in [0.2, 0.25) is 12.7 Å². The standard InChI is InChI=1S/C20H22N4O5/c1-27-16-11-18-17(28-13-29-18)10-15(16)22-19(25)12-23-6-8-24(9-7-23)20(26)14-2-4-21-5-3-14/h2-5,10-11H,6-9,12-13H2,1H3,(H,22,25). The minimum atomic E-state index is -0.156. The Morgan fingerprint density at radius 3 is 2.48 bits per heavy atom. The van der Waals surface area contributed by atoms with E-state index in [0.29, 0.717) is 54.7 Å². The summed E-state index contributed by atoms with van der Waals surface area (Å²) in [6, 6.07) is 6.81. The zero-order valence-corrected chi connectivity index (χ0v) is 16.1. The Morgan fingerprint density at radius 2 is 1.79 bits per heavy atom. The van der Waals surface area contributed by atoms with Gasteiger partial charge in [-0.15, -0.1) is 0 Å². The second-order valence-electron chi connectivity index (χ2n) is 6.76. The number of fused-ring (bicyclic) bond motifs is 1. The lowest BCUT2D eigenvalue weighted by Gasteiger charge is -2.34.